The van der Waals surface area contributed by atoms with E-state index in [2.05, 4.69) is 14.7 Å². The van der Waals surface area contributed by atoms with Crippen LogP contribution in [-0.2, 0) is 10.0 Å². The first-order chi connectivity index (χ1) is 17.8. The number of ether oxygens (including phenoxy) is 1. The third-order valence-electron chi connectivity index (χ3n) is 7.65. The SMILES string of the molecule is Cc1cccc(C)c1-c1nc2nc(c1C)OC[C@@H](CC1(C(F)(F)F)CC1)C(N)c1cccc(c1)S(=O)(=O)N2. The first-order valence-electron chi connectivity index (χ1n) is 12.3. The van der Waals surface area contributed by atoms with Crippen molar-refractivity contribution in [2.24, 2.45) is 17.1 Å². The van der Waals surface area contributed by atoms with E-state index in [1.165, 1.54) is 18.2 Å². The molecule has 1 aromatic heterocycles. The lowest BCUT2D eigenvalue weighted by molar-refractivity contribution is -0.193. The molecule has 5 rings (SSSR count). The Morgan fingerprint density at radius 2 is 1.74 bits per heavy atom. The van der Waals surface area contributed by atoms with Crippen molar-refractivity contribution >= 4 is 16.0 Å². The van der Waals surface area contributed by atoms with Crippen LogP contribution in [0.5, 0.6) is 5.88 Å². The van der Waals surface area contributed by atoms with Crippen molar-refractivity contribution in [3.8, 4) is 17.1 Å². The lowest BCUT2D eigenvalue weighted by Gasteiger charge is -2.30. The largest absolute Gasteiger partial charge is 0.477 e. The van der Waals surface area contributed by atoms with Gasteiger partial charge in [-0.05, 0) is 68.9 Å². The molecular weight excluding hydrogens is 517 g/mol. The zero-order chi connectivity index (χ0) is 27.5. The number of alkyl halides is 3. The van der Waals surface area contributed by atoms with E-state index < -0.39 is 33.6 Å². The number of rotatable bonds is 3. The number of anilines is 1. The van der Waals surface area contributed by atoms with Crippen LogP contribution in [-0.4, -0.2) is 31.2 Å². The smallest absolute Gasteiger partial charge is 0.394 e. The Kier molecular flexibility index (Phi) is 6.42. The molecule has 1 aliphatic heterocycles. The summed E-state index contributed by atoms with van der Waals surface area (Å²) in [6.45, 7) is 5.45. The van der Waals surface area contributed by atoms with Gasteiger partial charge in [-0.2, -0.15) is 18.2 Å². The van der Waals surface area contributed by atoms with E-state index in [1.54, 1.807) is 13.0 Å². The number of nitrogens with one attached hydrogen (secondary N) is 1. The van der Waals surface area contributed by atoms with Gasteiger partial charge in [-0.25, -0.2) is 18.1 Å². The first-order valence-corrected chi connectivity index (χ1v) is 13.8. The third-order valence-corrected chi connectivity index (χ3v) is 8.97. The molecule has 2 heterocycles. The topological polar surface area (TPSA) is 107 Å². The zero-order valence-corrected chi connectivity index (χ0v) is 22.1. The van der Waals surface area contributed by atoms with Gasteiger partial charge in [0, 0.05) is 23.1 Å². The molecule has 38 heavy (non-hydrogen) atoms. The average Bonchev–Trinajstić information content (AvgIpc) is 3.64. The molecule has 1 fully saturated rings. The number of aromatic nitrogens is 2. The standard InChI is InChI=1S/C27H29F3N4O3S/c1-15-6-4-7-16(2)21(15)23-17(3)24-33-25(32-23)34-38(35,36)20-9-5-8-18(12-20)22(31)19(14-37-24)13-26(10-11-26)27(28,29)30/h4-9,12,19,22H,10-11,13-14,31H2,1-3H3,(H,32,33,34)/t19-,22?/m1/s1. The summed E-state index contributed by atoms with van der Waals surface area (Å²) in [6, 6.07) is 10.8. The van der Waals surface area contributed by atoms with E-state index >= 15 is 0 Å². The highest BCUT2D eigenvalue weighted by Crippen LogP contribution is 2.62. The molecular formula is C27H29F3N4O3S. The van der Waals surface area contributed by atoms with Gasteiger partial charge in [0.25, 0.3) is 10.0 Å². The van der Waals surface area contributed by atoms with E-state index in [4.69, 9.17) is 10.5 Å². The van der Waals surface area contributed by atoms with Crippen LogP contribution in [0.4, 0.5) is 19.1 Å². The van der Waals surface area contributed by atoms with Crippen molar-refractivity contribution in [1.82, 2.24) is 9.97 Å². The van der Waals surface area contributed by atoms with Crippen LogP contribution in [0.25, 0.3) is 11.3 Å². The molecule has 1 aliphatic carbocycles. The molecule has 2 aromatic carbocycles. The molecule has 3 N–H and O–H groups in total. The predicted molar refractivity (Wildman–Crippen MR) is 137 cm³/mol. The molecule has 0 amide bonds. The normalized spacial score (nSPS) is 21.9. The van der Waals surface area contributed by atoms with Crippen molar-refractivity contribution in [3.05, 3.63) is 64.7 Å². The second kappa shape index (κ2) is 9.23. The number of nitrogens with zero attached hydrogens (tertiary/aromatic N) is 2. The number of hydrogen-bond acceptors (Lipinski definition) is 6. The van der Waals surface area contributed by atoms with Crippen LogP contribution in [0.3, 0.4) is 0 Å². The highest BCUT2D eigenvalue weighted by Gasteiger charge is 2.63. The number of hydrogen-bond donors (Lipinski definition) is 2. The number of fused-ring (bicyclic) bond motifs is 4. The van der Waals surface area contributed by atoms with E-state index in [0.29, 0.717) is 16.8 Å². The van der Waals surface area contributed by atoms with Crippen LogP contribution in [0.15, 0.2) is 47.4 Å². The molecule has 0 spiro atoms. The monoisotopic (exact) mass is 546 g/mol. The summed E-state index contributed by atoms with van der Waals surface area (Å²) in [5.74, 6) is -0.844. The lowest BCUT2D eigenvalue weighted by Crippen LogP contribution is -2.34. The van der Waals surface area contributed by atoms with Crippen molar-refractivity contribution in [2.75, 3.05) is 11.3 Å². The summed E-state index contributed by atoms with van der Waals surface area (Å²) < 4.78 is 76.8. The first kappa shape index (κ1) is 26.4. The maximum absolute atomic E-state index is 13.9. The molecule has 1 saturated carbocycles. The van der Waals surface area contributed by atoms with Crippen LogP contribution in [0.2, 0.25) is 0 Å². The van der Waals surface area contributed by atoms with E-state index in [1.807, 2.05) is 32.0 Å². The van der Waals surface area contributed by atoms with Crippen LogP contribution in [0, 0.1) is 32.1 Å². The Morgan fingerprint density at radius 1 is 1.08 bits per heavy atom. The van der Waals surface area contributed by atoms with Crippen molar-refractivity contribution in [3.63, 3.8) is 0 Å². The summed E-state index contributed by atoms with van der Waals surface area (Å²) in [4.78, 5) is 8.78. The van der Waals surface area contributed by atoms with Crippen molar-refractivity contribution < 1.29 is 26.3 Å². The third kappa shape index (κ3) is 4.73. The average molecular weight is 547 g/mol. The summed E-state index contributed by atoms with van der Waals surface area (Å²) in [6.07, 6.45) is -4.52. The Morgan fingerprint density at radius 3 is 2.37 bits per heavy atom. The van der Waals surface area contributed by atoms with Crippen LogP contribution >= 0.6 is 0 Å². The highest BCUT2D eigenvalue weighted by molar-refractivity contribution is 7.92. The Balaban J connectivity index is 1.66. The minimum Gasteiger partial charge on any atom is -0.477 e. The van der Waals surface area contributed by atoms with Gasteiger partial charge < -0.3 is 10.5 Å². The number of sulfonamides is 1. The molecule has 2 atom stereocenters. The van der Waals surface area contributed by atoms with Gasteiger partial charge in [-0.1, -0.05) is 30.3 Å². The van der Waals surface area contributed by atoms with Crippen molar-refractivity contribution in [1.29, 1.82) is 0 Å². The fourth-order valence-electron chi connectivity index (χ4n) is 5.19. The predicted octanol–water partition coefficient (Wildman–Crippen LogP) is 5.61. The van der Waals surface area contributed by atoms with Gasteiger partial charge in [-0.3, -0.25) is 0 Å². The van der Waals surface area contributed by atoms with Gasteiger partial charge >= 0.3 is 6.18 Å². The number of aryl methyl sites for hydroxylation is 2. The fourth-order valence-corrected chi connectivity index (χ4v) is 6.18. The summed E-state index contributed by atoms with van der Waals surface area (Å²) in [5.41, 5.74) is 8.78. The number of benzene rings is 2. The van der Waals surface area contributed by atoms with Gasteiger partial charge in [0.2, 0.25) is 11.8 Å². The lowest BCUT2D eigenvalue weighted by atomic mass is 9.84. The molecule has 1 unspecified atom stereocenters. The minimum atomic E-state index is -4.36. The molecule has 0 radical (unpaired) electrons. The van der Waals surface area contributed by atoms with Gasteiger partial charge in [0.1, 0.15) is 0 Å². The van der Waals surface area contributed by atoms with E-state index in [9.17, 15) is 21.6 Å². The Bertz CT molecular complexity index is 1480. The molecule has 3 aromatic rings. The quantitative estimate of drug-likeness (QED) is 0.442. The summed E-state index contributed by atoms with van der Waals surface area (Å²) >= 11 is 0. The molecule has 7 nitrogen and oxygen atoms in total. The Hall–Kier alpha value is -3.18. The Labute approximate surface area is 219 Å². The minimum absolute atomic E-state index is 0.0332. The second-order valence-electron chi connectivity index (χ2n) is 10.3. The second-order valence-corrected chi connectivity index (χ2v) is 12.0. The maximum atomic E-state index is 13.9. The van der Waals surface area contributed by atoms with Gasteiger partial charge in [0.05, 0.1) is 22.6 Å². The van der Waals surface area contributed by atoms with E-state index in [-0.39, 0.29) is 42.6 Å². The van der Waals surface area contributed by atoms with Gasteiger partial charge in [-0.15, -0.1) is 0 Å². The number of nitrogens with two attached hydrogens (primary N) is 1. The maximum Gasteiger partial charge on any atom is 0.394 e. The molecule has 202 valence electrons. The van der Waals surface area contributed by atoms with Crippen molar-refractivity contribution in [2.45, 2.75) is 57.1 Å². The van der Waals surface area contributed by atoms with E-state index in [0.717, 1.165) is 16.7 Å². The molecule has 2 aliphatic rings. The molecule has 4 bridgehead atoms. The summed E-state index contributed by atoms with van der Waals surface area (Å²) in [7, 11) is -4.13. The zero-order valence-electron chi connectivity index (χ0n) is 21.3. The van der Waals surface area contributed by atoms with Crippen LogP contribution in [0.1, 0.15) is 47.6 Å². The summed E-state index contributed by atoms with van der Waals surface area (Å²) in [5, 5.41) is 0. The fraction of sp³-hybridized carbons (Fsp3) is 0.407. The molecule has 0 saturated heterocycles. The highest BCUT2D eigenvalue weighted by atomic mass is 32.2. The van der Waals surface area contributed by atoms with Gasteiger partial charge in [0.15, 0.2) is 0 Å². The molecule has 11 heteroatoms. The number of halogens is 3. The van der Waals surface area contributed by atoms with Crippen LogP contribution < -0.4 is 15.2 Å².